The fourth-order valence-corrected chi connectivity index (χ4v) is 4.95. The predicted octanol–water partition coefficient (Wildman–Crippen LogP) is 1.90. The summed E-state index contributed by atoms with van der Waals surface area (Å²) in [5, 5.41) is 5.90. The number of rotatable bonds is 6. The predicted molar refractivity (Wildman–Crippen MR) is 115 cm³/mol. The Kier molecular flexibility index (Phi) is 6.21. The van der Waals surface area contributed by atoms with Gasteiger partial charge in [-0.3, -0.25) is 5.73 Å². The number of nitrogens with one attached hydrogen (secondary N) is 2. The van der Waals surface area contributed by atoms with Gasteiger partial charge in [0, 0.05) is 12.0 Å². The van der Waals surface area contributed by atoms with Crippen LogP contribution in [0.1, 0.15) is 39.5 Å². The number of nitrogens with zero attached hydrogens (tertiary/aromatic N) is 1. The first-order valence-corrected chi connectivity index (χ1v) is 11.5. The standard InChI is InChI=1S/C20H31N5O3S/c1-13(2)29(26,27)18-7-5-4-6-16(18)24-19-17(28-3)12-23-20(22,25-19)14-8-10-15(21)11-9-14/h4-7,12-15,24-25H,8-11,21-22H2,1-3H3. The minimum Gasteiger partial charge on any atom is -0.491 e. The van der Waals surface area contributed by atoms with Crippen LogP contribution in [-0.2, 0) is 14.6 Å². The minimum atomic E-state index is -3.47. The molecule has 0 spiro atoms. The van der Waals surface area contributed by atoms with Crippen molar-refractivity contribution in [2.24, 2.45) is 22.4 Å². The van der Waals surface area contributed by atoms with Crippen LogP contribution in [0, 0.1) is 5.92 Å². The van der Waals surface area contributed by atoms with Crippen LogP contribution in [0.4, 0.5) is 5.69 Å². The lowest BCUT2D eigenvalue weighted by Gasteiger charge is -2.41. The van der Waals surface area contributed by atoms with E-state index in [1.165, 1.54) is 7.11 Å². The Balaban J connectivity index is 1.90. The number of para-hydroxylation sites is 1. The summed E-state index contributed by atoms with van der Waals surface area (Å²) >= 11 is 0. The summed E-state index contributed by atoms with van der Waals surface area (Å²) in [7, 11) is -1.94. The number of hydrogen-bond donors (Lipinski definition) is 4. The molecule has 2 aliphatic rings. The van der Waals surface area contributed by atoms with Crippen molar-refractivity contribution in [3.05, 3.63) is 35.8 Å². The largest absolute Gasteiger partial charge is 0.491 e. The van der Waals surface area contributed by atoms with Crippen LogP contribution in [0.25, 0.3) is 0 Å². The molecular weight excluding hydrogens is 390 g/mol. The average molecular weight is 422 g/mol. The maximum atomic E-state index is 12.8. The summed E-state index contributed by atoms with van der Waals surface area (Å²) in [6, 6.07) is 7.02. The first-order chi connectivity index (χ1) is 13.7. The van der Waals surface area contributed by atoms with E-state index >= 15 is 0 Å². The molecule has 1 aliphatic heterocycles. The molecular formula is C20H31N5O3S. The molecule has 9 heteroatoms. The van der Waals surface area contributed by atoms with Crippen LogP contribution >= 0.6 is 0 Å². The van der Waals surface area contributed by atoms with Gasteiger partial charge in [0.1, 0.15) is 0 Å². The third-order valence-corrected chi connectivity index (χ3v) is 7.87. The Hall–Kier alpha value is -2.10. The highest BCUT2D eigenvalue weighted by molar-refractivity contribution is 7.92. The number of methoxy groups -OCH3 is 1. The molecule has 1 atom stereocenters. The van der Waals surface area contributed by atoms with E-state index in [0.717, 1.165) is 25.7 Å². The number of nitrogens with two attached hydrogens (primary N) is 2. The number of allylic oxidation sites excluding steroid dienone is 1. The molecule has 0 amide bonds. The van der Waals surface area contributed by atoms with Crippen molar-refractivity contribution < 1.29 is 13.2 Å². The molecule has 1 fully saturated rings. The van der Waals surface area contributed by atoms with Gasteiger partial charge in [0.15, 0.2) is 27.2 Å². The van der Waals surface area contributed by atoms with E-state index < -0.39 is 20.9 Å². The molecule has 1 unspecified atom stereocenters. The van der Waals surface area contributed by atoms with E-state index in [2.05, 4.69) is 15.6 Å². The lowest BCUT2D eigenvalue weighted by Crippen LogP contribution is -2.60. The Morgan fingerprint density at radius 1 is 1.24 bits per heavy atom. The van der Waals surface area contributed by atoms with E-state index in [-0.39, 0.29) is 16.9 Å². The van der Waals surface area contributed by atoms with Crippen LogP contribution < -0.4 is 22.1 Å². The van der Waals surface area contributed by atoms with E-state index in [1.807, 2.05) is 0 Å². The van der Waals surface area contributed by atoms with Crippen molar-refractivity contribution in [1.82, 2.24) is 5.32 Å². The molecule has 1 aromatic carbocycles. The molecule has 160 valence electrons. The third kappa shape index (κ3) is 4.41. The molecule has 1 aliphatic carbocycles. The van der Waals surface area contributed by atoms with Crippen molar-refractivity contribution in [2.75, 3.05) is 12.4 Å². The average Bonchev–Trinajstić information content (AvgIpc) is 2.69. The number of benzene rings is 1. The highest BCUT2D eigenvalue weighted by Crippen LogP contribution is 2.33. The monoisotopic (exact) mass is 421 g/mol. The van der Waals surface area contributed by atoms with Crippen molar-refractivity contribution >= 4 is 21.7 Å². The summed E-state index contributed by atoms with van der Waals surface area (Å²) in [5.74, 6) is 0.0566. The molecule has 0 saturated heterocycles. The smallest absolute Gasteiger partial charge is 0.186 e. The number of aliphatic imine (C=N–C) groups is 1. The molecule has 1 saturated carbocycles. The van der Waals surface area contributed by atoms with Gasteiger partial charge in [0.2, 0.25) is 0 Å². The highest BCUT2D eigenvalue weighted by atomic mass is 32.2. The second-order valence-corrected chi connectivity index (χ2v) is 10.5. The fraction of sp³-hybridized carbons (Fsp3) is 0.550. The summed E-state index contributed by atoms with van der Waals surface area (Å²) in [4.78, 5) is 4.74. The van der Waals surface area contributed by atoms with Crippen LogP contribution in [0.2, 0.25) is 0 Å². The molecule has 3 rings (SSSR count). The second kappa shape index (κ2) is 8.33. The lowest BCUT2D eigenvalue weighted by atomic mass is 9.82. The number of hydrogen-bond acceptors (Lipinski definition) is 8. The van der Waals surface area contributed by atoms with Gasteiger partial charge >= 0.3 is 0 Å². The zero-order valence-electron chi connectivity index (χ0n) is 17.2. The summed E-state index contributed by atoms with van der Waals surface area (Å²) in [6.45, 7) is 3.33. The zero-order valence-corrected chi connectivity index (χ0v) is 18.0. The summed E-state index contributed by atoms with van der Waals surface area (Å²) < 4.78 is 31.0. The van der Waals surface area contributed by atoms with Crippen molar-refractivity contribution in [2.45, 2.75) is 61.5 Å². The van der Waals surface area contributed by atoms with E-state index in [0.29, 0.717) is 17.3 Å². The van der Waals surface area contributed by atoms with E-state index in [9.17, 15) is 8.42 Å². The Labute approximate surface area is 172 Å². The van der Waals surface area contributed by atoms with Crippen LogP contribution in [0.3, 0.4) is 0 Å². The van der Waals surface area contributed by atoms with Crippen LogP contribution in [0.5, 0.6) is 0 Å². The van der Waals surface area contributed by atoms with Gasteiger partial charge in [-0.15, -0.1) is 0 Å². The quantitative estimate of drug-likeness (QED) is 0.551. The number of ether oxygens (including phenoxy) is 1. The van der Waals surface area contributed by atoms with Crippen molar-refractivity contribution in [1.29, 1.82) is 0 Å². The van der Waals surface area contributed by atoms with E-state index in [4.69, 9.17) is 16.2 Å². The molecule has 6 N–H and O–H groups in total. The first kappa shape index (κ1) is 21.6. The minimum absolute atomic E-state index is 0.114. The maximum absolute atomic E-state index is 12.8. The van der Waals surface area contributed by atoms with Crippen molar-refractivity contribution in [3.8, 4) is 0 Å². The van der Waals surface area contributed by atoms with Gasteiger partial charge in [0.05, 0.1) is 29.2 Å². The zero-order chi connectivity index (χ0) is 21.2. The number of sulfone groups is 1. The van der Waals surface area contributed by atoms with Crippen LogP contribution in [0.15, 0.2) is 45.7 Å². The molecule has 8 nitrogen and oxygen atoms in total. The lowest BCUT2D eigenvalue weighted by molar-refractivity contribution is 0.169. The van der Waals surface area contributed by atoms with Gasteiger partial charge in [0.25, 0.3) is 0 Å². The molecule has 0 aromatic heterocycles. The van der Waals surface area contributed by atoms with E-state index in [1.54, 1.807) is 44.3 Å². The Morgan fingerprint density at radius 2 is 1.90 bits per heavy atom. The summed E-state index contributed by atoms with van der Waals surface area (Å²) in [5.41, 5.74) is 13.1. The summed E-state index contributed by atoms with van der Waals surface area (Å²) in [6.07, 6.45) is 5.14. The molecule has 1 aromatic rings. The van der Waals surface area contributed by atoms with Crippen LogP contribution in [-0.4, -0.2) is 38.8 Å². The normalized spacial score (nSPS) is 27.7. The highest BCUT2D eigenvalue weighted by Gasteiger charge is 2.39. The van der Waals surface area contributed by atoms with Crippen molar-refractivity contribution in [3.63, 3.8) is 0 Å². The Bertz CT molecular complexity index is 904. The molecule has 29 heavy (non-hydrogen) atoms. The number of anilines is 1. The first-order valence-electron chi connectivity index (χ1n) is 9.93. The molecule has 1 heterocycles. The SMILES string of the molecule is COC1=C(Nc2ccccc2S(=O)(=O)C(C)C)NC(N)(C2CCC(N)CC2)N=C1. The van der Waals surface area contributed by atoms with Gasteiger partial charge in [-0.25, -0.2) is 13.4 Å². The van der Waals surface area contributed by atoms with Gasteiger partial charge in [-0.05, 0) is 51.7 Å². The topological polar surface area (TPSA) is 132 Å². The second-order valence-electron chi connectivity index (χ2n) is 7.98. The Morgan fingerprint density at radius 3 is 2.52 bits per heavy atom. The van der Waals surface area contributed by atoms with Gasteiger partial charge in [-0.2, -0.15) is 0 Å². The fourth-order valence-electron chi connectivity index (χ4n) is 3.75. The third-order valence-electron chi connectivity index (χ3n) is 5.66. The van der Waals surface area contributed by atoms with Gasteiger partial charge in [-0.1, -0.05) is 12.1 Å². The van der Waals surface area contributed by atoms with Gasteiger partial charge < -0.3 is 21.1 Å². The maximum Gasteiger partial charge on any atom is 0.186 e. The molecule has 0 bridgehead atoms. The molecule has 0 radical (unpaired) electrons.